The monoisotopic (exact) mass is 382 g/mol. The molecule has 5 nitrogen and oxygen atoms in total. The Labute approximate surface area is 169 Å². The molecule has 5 heteroatoms. The minimum atomic E-state index is -0.224. The molecule has 29 heavy (non-hydrogen) atoms. The summed E-state index contributed by atoms with van der Waals surface area (Å²) in [5.74, 6) is -0.224. The van der Waals surface area contributed by atoms with Crippen molar-refractivity contribution >= 4 is 17.3 Å². The first-order valence-corrected chi connectivity index (χ1v) is 9.53. The van der Waals surface area contributed by atoms with Gasteiger partial charge in [-0.2, -0.15) is 5.10 Å². The molecule has 0 aliphatic heterocycles. The van der Waals surface area contributed by atoms with Crippen molar-refractivity contribution in [3.63, 3.8) is 0 Å². The van der Waals surface area contributed by atoms with E-state index in [9.17, 15) is 4.79 Å². The van der Waals surface area contributed by atoms with E-state index in [1.165, 1.54) is 5.56 Å². The SMILES string of the molecule is CC(Nc1ccc(NC(=O)c2cc(-c3ccccc3)n[nH]2)cc1)c1ccccc1. The van der Waals surface area contributed by atoms with Gasteiger partial charge in [0.1, 0.15) is 5.69 Å². The van der Waals surface area contributed by atoms with Gasteiger partial charge in [0.15, 0.2) is 0 Å². The highest BCUT2D eigenvalue weighted by Crippen LogP contribution is 2.21. The van der Waals surface area contributed by atoms with Gasteiger partial charge in [0.25, 0.3) is 5.91 Å². The Hall–Kier alpha value is -3.86. The predicted octanol–water partition coefficient (Wildman–Crippen LogP) is 5.50. The van der Waals surface area contributed by atoms with E-state index in [2.05, 4.69) is 39.9 Å². The first kappa shape index (κ1) is 18.5. The lowest BCUT2D eigenvalue weighted by Crippen LogP contribution is -2.12. The zero-order valence-electron chi connectivity index (χ0n) is 16.1. The molecule has 144 valence electrons. The number of hydrogen-bond acceptors (Lipinski definition) is 3. The van der Waals surface area contributed by atoms with E-state index in [4.69, 9.17) is 0 Å². The second-order valence-corrected chi connectivity index (χ2v) is 6.84. The first-order valence-electron chi connectivity index (χ1n) is 9.53. The lowest BCUT2D eigenvalue weighted by atomic mass is 10.1. The molecule has 0 aliphatic carbocycles. The largest absolute Gasteiger partial charge is 0.379 e. The summed E-state index contributed by atoms with van der Waals surface area (Å²) < 4.78 is 0. The van der Waals surface area contributed by atoms with E-state index in [0.29, 0.717) is 5.69 Å². The standard InChI is InChI=1S/C24H22N4O/c1-17(18-8-4-2-5-9-18)25-20-12-14-21(15-13-20)26-24(29)23-16-22(27-28-23)19-10-6-3-7-11-19/h2-17,25H,1H3,(H,26,29)(H,27,28). The van der Waals surface area contributed by atoms with Crippen molar-refractivity contribution in [1.29, 1.82) is 0 Å². The van der Waals surface area contributed by atoms with Crippen molar-refractivity contribution in [2.45, 2.75) is 13.0 Å². The third-order valence-electron chi connectivity index (χ3n) is 4.72. The Balaban J connectivity index is 1.39. The van der Waals surface area contributed by atoms with Crippen LogP contribution in [0.5, 0.6) is 0 Å². The van der Waals surface area contributed by atoms with Crippen LogP contribution in [0.1, 0.15) is 29.0 Å². The first-order chi connectivity index (χ1) is 14.2. The second kappa shape index (κ2) is 8.44. The highest BCUT2D eigenvalue weighted by Gasteiger charge is 2.11. The number of amides is 1. The number of rotatable bonds is 6. The van der Waals surface area contributed by atoms with Gasteiger partial charge in [0.2, 0.25) is 0 Å². The molecule has 1 heterocycles. The van der Waals surface area contributed by atoms with Crippen LogP contribution in [0.4, 0.5) is 11.4 Å². The predicted molar refractivity (Wildman–Crippen MR) is 117 cm³/mol. The zero-order chi connectivity index (χ0) is 20.1. The van der Waals surface area contributed by atoms with Crippen LogP contribution < -0.4 is 10.6 Å². The second-order valence-electron chi connectivity index (χ2n) is 6.84. The maximum atomic E-state index is 12.5. The van der Waals surface area contributed by atoms with Crippen LogP contribution in [0.3, 0.4) is 0 Å². The summed E-state index contributed by atoms with van der Waals surface area (Å²) in [7, 11) is 0. The molecule has 0 saturated carbocycles. The summed E-state index contributed by atoms with van der Waals surface area (Å²) in [6.07, 6.45) is 0. The van der Waals surface area contributed by atoms with Crippen LogP contribution in [0, 0.1) is 0 Å². The minimum absolute atomic E-state index is 0.193. The van der Waals surface area contributed by atoms with Gasteiger partial charge in [-0.25, -0.2) is 0 Å². The maximum Gasteiger partial charge on any atom is 0.273 e. The smallest absolute Gasteiger partial charge is 0.273 e. The molecule has 4 rings (SSSR count). The summed E-state index contributed by atoms with van der Waals surface area (Å²) in [6, 6.07) is 29.6. The minimum Gasteiger partial charge on any atom is -0.379 e. The molecular formula is C24H22N4O. The molecule has 0 saturated heterocycles. The topological polar surface area (TPSA) is 69.8 Å². The lowest BCUT2D eigenvalue weighted by molar-refractivity contribution is 0.102. The van der Waals surface area contributed by atoms with E-state index < -0.39 is 0 Å². The number of benzene rings is 3. The van der Waals surface area contributed by atoms with Crippen molar-refractivity contribution < 1.29 is 4.79 Å². The quantitative estimate of drug-likeness (QED) is 0.412. The molecule has 1 aromatic heterocycles. The molecule has 1 unspecified atom stereocenters. The third-order valence-corrected chi connectivity index (χ3v) is 4.72. The summed E-state index contributed by atoms with van der Waals surface area (Å²) in [5.41, 5.74) is 5.06. The Morgan fingerprint density at radius 2 is 1.48 bits per heavy atom. The highest BCUT2D eigenvalue weighted by molar-refractivity contribution is 6.03. The number of anilines is 2. The van der Waals surface area contributed by atoms with Crippen LogP contribution in [-0.4, -0.2) is 16.1 Å². The molecule has 1 atom stereocenters. The summed E-state index contributed by atoms with van der Waals surface area (Å²) >= 11 is 0. The number of aromatic nitrogens is 2. The normalized spacial score (nSPS) is 11.6. The molecule has 0 radical (unpaired) electrons. The molecule has 3 aromatic carbocycles. The van der Waals surface area contributed by atoms with Gasteiger partial charge in [-0.3, -0.25) is 9.89 Å². The van der Waals surface area contributed by atoms with Crippen molar-refractivity contribution in [3.05, 3.63) is 102 Å². The van der Waals surface area contributed by atoms with Crippen LogP contribution in [0.15, 0.2) is 91.0 Å². The van der Waals surface area contributed by atoms with Crippen molar-refractivity contribution in [1.82, 2.24) is 10.2 Å². The molecule has 0 spiro atoms. The molecule has 3 N–H and O–H groups in total. The van der Waals surface area contributed by atoms with Crippen molar-refractivity contribution in [2.75, 3.05) is 10.6 Å². The number of carbonyl (C=O) groups excluding carboxylic acids is 1. The average molecular weight is 382 g/mol. The van der Waals surface area contributed by atoms with E-state index in [1.54, 1.807) is 6.07 Å². The number of H-pyrrole nitrogens is 1. The Morgan fingerprint density at radius 1 is 0.862 bits per heavy atom. The molecule has 0 bridgehead atoms. The van der Waals surface area contributed by atoms with Gasteiger partial charge >= 0.3 is 0 Å². The Bertz CT molecular complexity index is 1070. The number of aromatic amines is 1. The number of nitrogens with one attached hydrogen (secondary N) is 3. The van der Waals surface area contributed by atoms with E-state index in [0.717, 1.165) is 22.6 Å². The molecule has 4 aromatic rings. The van der Waals surface area contributed by atoms with Gasteiger partial charge in [0.05, 0.1) is 5.69 Å². The Kier molecular flexibility index (Phi) is 5.38. The number of hydrogen-bond donors (Lipinski definition) is 3. The van der Waals surface area contributed by atoms with Gasteiger partial charge < -0.3 is 10.6 Å². The molecule has 0 aliphatic rings. The summed E-state index contributed by atoms with van der Waals surface area (Å²) in [5, 5.41) is 13.4. The summed E-state index contributed by atoms with van der Waals surface area (Å²) in [6.45, 7) is 2.12. The van der Waals surface area contributed by atoms with E-state index >= 15 is 0 Å². The average Bonchev–Trinajstić information content (AvgIpc) is 3.27. The van der Waals surface area contributed by atoms with Crippen molar-refractivity contribution in [2.24, 2.45) is 0 Å². The van der Waals surface area contributed by atoms with Crippen LogP contribution in [0.2, 0.25) is 0 Å². The fourth-order valence-corrected chi connectivity index (χ4v) is 3.12. The zero-order valence-corrected chi connectivity index (χ0v) is 16.1. The summed E-state index contributed by atoms with van der Waals surface area (Å²) in [4.78, 5) is 12.5. The Morgan fingerprint density at radius 3 is 2.17 bits per heavy atom. The van der Waals surface area contributed by atoms with Gasteiger partial charge in [-0.05, 0) is 42.8 Å². The van der Waals surface area contributed by atoms with Crippen LogP contribution in [0.25, 0.3) is 11.3 Å². The molecule has 0 fully saturated rings. The van der Waals surface area contributed by atoms with Gasteiger partial charge in [0, 0.05) is 23.0 Å². The fourth-order valence-electron chi connectivity index (χ4n) is 3.12. The third kappa shape index (κ3) is 4.52. The highest BCUT2D eigenvalue weighted by atomic mass is 16.1. The number of carbonyl (C=O) groups is 1. The fraction of sp³-hybridized carbons (Fsp3) is 0.0833. The van der Waals surface area contributed by atoms with E-state index in [-0.39, 0.29) is 11.9 Å². The van der Waals surface area contributed by atoms with Crippen LogP contribution >= 0.6 is 0 Å². The van der Waals surface area contributed by atoms with Gasteiger partial charge in [-0.1, -0.05) is 60.7 Å². The van der Waals surface area contributed by atoms with Crippen molar-refractivity contribution in [3.8, 4) is 11.3 Å². The van der Waals surface area contributed by atoms with E-state index in [1.807, 2.05) is 72.8 Å². The van der Waals surface area contributed by atoms with Gasteiger partial charge in [-0.15, -0.1) is 0 Å². The number of nitrogens with zero attached hydrogens (tertiary/aromatic N) is 1. The maximum absolute atomic E-state index is 12.5. The van der Waals surface area contributed by atoms with Crippen LogP contribution in [-0.2, 0) is 0 Å². The lowest BCUT2D eigenvalue weighted by Gasteiger charge is -2.16. The molecule has 1 amide bonds. The molecular weight excluding hydrogens is 360 g/mol.